The molecule has 0 aliphatic rings. The lowest BCUT2D eigenvalue weighted by atomic mass is 9.89. The molecular weight excluding hydrogens is 220 g/mol. The number of aryl methyl sites for hydroxylation is 2. The van der Waals surface area contributed by atoms with Crippen LogP contribution >= 0.6 is 11.3 Å². The van der Waals surface area contributed by atoms with Crippen LogP contribution in [0.3, 0.4) is 0 Å². The second-order valence-electron chi connectivity index (χ2n) is 5.45. The van der Waals surface area contributed by atoms with Crippen LogP contribution in [0.15, 0.2) is 0 Å². The summed E-state index contributed by atoms with van der Waals surface area (Å²) in [5.41, 5.74) is 1.72. The van der Waals surface area contributed by atoms with Crippen molar-refractivity contribution in [1.82, 2.24) is 0 Å². The lowest BCUT2D eigenvalue weighted by Crippen LogP contribution is -2.08. The Kier molecular flexibility index (Phi) is 3.79. The summed E-state index contributed by atoms with van der Waals surface area (Å²) in [6, 6.07) is 0. The molecule has 1 heterocycles. The quantitative estimate of drug-likeness (QED) is 0.865. The monoisotopic (exact) mass is 240 g/mol. The van der Waals surface area contributed by atoms with Crippen molar-refractivity contribution in [2.45, 2.75) is 47.5 Å². The van der Waals surface area contributed by atoms with Gasteiger partial charge in [0.25, 0.3) is 0 Å². The van der Waals surface area contributed by atoms with Crippen molar-refractivity contribution >= 4 is 17.3 Å². The van der Waals surface area contributed by atoms with Gasteiger partial charge in [-0.15, -0.1) is 11.3 Å². The highest BCUT2D eigenvalue weighted by Gasteiger charge is 2.20. The summed E-state index contributed by atoms with van der Waals surface area (Å²) in [6.07, 6.45) is 1.89. The molecule has 1 aromatic rings. The third-order valence-electron chi connectivity index (χ3n) is 2.77. The lowest BCUT2D eigenvalue weighted by molar-refractivity contribution is 0.0695. The summed E-state index contributed by atoms with van der Waals surface area (Å²) >= 11 is 1.63. The first-order valence-corrected chi connectivity index (χ1v) is 6.36. The van der Waals surface area contributed by atoms with Gasteiger partial charge in [0.1, 0.15) is 0 Å². The molecule has 0 amide bonds. The van der Waals surface area contributed by atoms with Gasteiger partial charge in [-0.05, 0) is 37.7 Å². The maximum Gasteiger partial charge on any atom is 0.337 e. The predicted octanol–water partition coefficient (Wildman–Crippen LogP) is 4.04. The molecule has 1 aromatic heterocycles. The molecule has 0 aliphatic carbocycles. The first-order valence-electron chi connectivity index (χ1n) is 5.54. The van der Waals surface area contributed by atoms with Gasteiger partial charge in [-0.2, -0.15) is 0 Å². The summed E-state index contributed by atoms with van der Waals surface area (Å²) < 4.78 is 0. The van der Waals surface area contributed by atoms with E-state index in [-0.39, 0.29) is 5.41 Å². The minimum absolute atomic E-state index is 0.252. The van der Waals surface area contributed by atoms with Gasteiger partial charge < -0.3 is 5.11 Å². The van der Waals surface area contributed by atoms with Crippen LogP contribution in [0.4, 0.5) is 0 Å². The number of carboxylic acids is 1. The summed E-state index contributed by atoms with van der Waals surface area (Å²) in [5, 5.41) is 9.20. The highest BCUT2D eigenvalue weighted by atomic mass is 32.1. The Labute approximate surface area is 101 Å². The highest BCUT2D eigenvalue weighted by molar-refractivity contribution is 7.12. The number of rotatable bonds is 3. The molecule has 0 aliphatic heterocycles. The molecule has 0 spiro atoms. The van der Waals surface area contributed by atoms with Crippen molar-refractivity contribution in [3.8, 4) is 0 Å². The summed E-state index contributed by atoms with van der Waals surface area (Å²) in [7, 11) is 0. The van der Waals surface area contributed by atoms with E-state index in [2.05, 4.69) is 20.8 Å². The van der Waals surface area contributed by atoms with Crippen molar-refractivity contribution < 1.29 is 9.90 Å². The smallest absolute Gasteiger partial charge is 0.337 e. The molecule has 0 saturated heterocycles. The summed E-state index contributed by atoms with van der Waals surface area (Å²) in [5.74, 6) is -0.786. The second-order valence-corrected chi connectivity index (χ2v) is 6.76. The molecule has 0 saturated carbocycles. The summed E-state index contributed by atoms with van der Waals surface area (Å²) in [4.78, 5) is 13.3. The Morgan fingerprint density at radius 1 is 1.31 bits per heavy atom. The Hall–Kier alpha value is -0.830. The average Bonchev–Trinajstić information content (AvgIpc) is 2.38. The first kappa shape index (κ1) is 13.2. The largest absolute Gasteiger partial charge is 0.478 e. The number of hydrogen-bond donors (Lipinski definition) is 1. The lowest BCUT2D eigenvalue weighted by Gasteiger charge is -2.17. The molecule has 0 fully saturated rings. The van der Waals surface area contributed by atoms with Gasteiger partial charge in [0, 0.05) is 9.75 Å². The average molecular weight is 240 g/mol. The normalized spacial score (nSPS) is 11.8. The molecule has 1 rings (SSSR count). The van der Waals surface area contributed by atoms with Crippen LogP contribution in [0.2, 0.25) is 0 Å². The fourth-order valence-electron chi connectivity index (χ4n) is 1.64. The van der Waals surface area contributed by atoms with Gasteiger partial charge in [0.15, 0.2) is 0 Å². The van der Waals surface area contributed by atoms with Crippen molar-refractivity contribution in [3.05, 3.63) is 20.9 Å². The van der Waals surface area contributed by atoms with Gasteiger partial charge in [0.05, 0.1) is 5.56 Å². The van der Waals surface area contributed by atoms with Crippen molar-refractivity contribution in [1.29, 1.82) is 0 Å². The standard InChI is InChI=1S/C13H20O2S/c1-8-9(2)16-10(11(8)12(14)15)6-7-13(3,4)5/h6-7H2,1-5H3,(H,14,15). The van der Waals surface area contributed by atoms with Gasteiger partial charge in [-0.3, -0.25) is 0 Å². The highest BCUT2D eigenvalue weighted by Crippen LogP contribution is 2.31. The van der Waals surface area contributed by atoms with Crippen LogP contribution < -0.4 is 0 Å². The van der Waals surface area contributed by atoms with E-state index in [1.165, 1.54) is 0 Å². The van der Waals surface area contributed by atoms with Crippen LogP contribution in [0, 0.1) is 19.3 Å². The van der Waals surface area contributed by atoms with Crippen LogP contribution in [0.5, 0.6) is 0 Å². The molecular formula is C13H20O2S. The molecule has 0 bridgehead atoms. The van der Waals surface area contributed by atoms with Gasteiger partial charge in [0.2, 0.25) is 0 Å². The number of thiophene rings is 1. The van der Waals surface area contributed by atoms with Gasteiger partial charge >= 0.3 is 5.97 Å². The van der Waals surface area contributed by atoms with E-state index >= 15 is 0 Å². The zero-order chi connectivity index (χ0) is 12.5. The number of aromatic carboxylic acids is 1. The molecule has 0 unspecified atom stereocenters. The van der Waals surface area contributed by atoms with Crippen molar-refractivity contribution in [3.63, 3.8) is 0 Å². The maximum absolute atomic E-state index is 11.2. The number of carbonyl (C=O) groups is 1. The zero-order valence-electron chi connectivity index (χ0n) is 10.7. The number of carboxylic acid groups (broad SMARTS) is 1. The zero-order valence-corrected chi connectivity index (χ0v) is 11.5. The fraction of sp³-hybridized carbons (Fsp3) is 0.615. The molecule has 0 aromatic carbocycles. The van der Waals surface area contributed by atoms with Crippen LogP contribution in [0.25, 0.3) is 0 Å². The Bertz CT molecular complexity index is 397. The molecule has 90 valence electrons. The minimum Gasteiger partial charge on any atom is -0.478 e. The Morgan fingerprint density at radius 3 is 2.31 bits per heavy atom. The Morgan fingerprint density at radius 2 is 1.88 bits per heavy atom. The predicted molar refractivity (Wildman–Crippen MR) is 68.5 cm³/mol. The third-order valence-corrected chi connectivity index (χ3v) is 4.04. The number of hydrogen-bond acceptors (Lipinski definition) is 2. The molecule has 3 heteroatoms. The molecule has 2 nitrogen and oxygen atoms in total. The van der Waals surface area contributed by atoms with E-state index in [0.29, 0.717) is 5.56 Å². The van der Waals surface area contributed by atoms with E-state index in [9.17, 15) is 9.90 Å². The van der Waals surface area contributed by atoms with Crippen LogP contribution in [0.1, 0.15) is 52.9 Å². The van der Waals surface area contributed by atoms with E-state index < -0.39 is 5.97 Å². The molecule has 0 radical (unpaired) electrons. The van der Waals surface area contributed by atoms with E-state index in [1.807, 2.05) is 13.8 Å². The summed E-state index contributed by atoms with van der Waals surface area (Å²) in [6.45, 7) is 10.4. The molecule has 16 heavy (non-hydrogen) atoms. The van der Waals surface area contributed by atoms with Crippen molar-refractivity contribution in [2.75, 3.05) is 0 Å². The van der Waals surface area contributed by atoms with Gasteiger partial charge in [-0.1, -0.05) is 20.8 Å². The molecule has 0 atom stereocenters. The first-order chi connectivity index (χ1) is 7.22. The fourth-order valence-corrected chi connectivity index (χ4v) is 2.81. The van der Waals surface area contributed by atoms with Gasteiger partial charge in [-0.25, -0.2) is 4.79 Å². The van der Waals surface area contributed by atoms with Crippen molar-refractivity contribution in [2.24, 2.45) is 5.41 Å². The van der Waals surface area contributed by atoms with E-state index in [1.54, 1.807) is 11.3 Å². The maximum atomic E-state index is 11.2. The van der Waals surface area contributed by atoms with E-state index in [0.717, 1.165) is 28.2 Å². The second kappa shape index (κ2) is 4.58. The SMILES string of the molecule is Cc1sc(CCC(C)(C)C)c(C(=O)O)c1C. The van der Waals surface area contributed by atoms with Crippen LogP contribution in [-0.4, -0.2) is 11.1 Å². The van der Waals surface area contributed by atoms with Crippen LogP contribution in [-0.2, 0) is 6.42 Å². The Balaban J connectivity index is 2.96. The van der Waals surface area contributed by atoms with E-state index in [4.69, 9.17) is 0 Å². The third kappa shape index (κ3) is 3.08. The topological polar surface area (TPSA) is 37.3 Å². The molecule has 1 N–H and O–H groups in total. The minimum atomic E-state index is -0.786.